The van der Waals surface area contributed by atoms with Crippen LogP contribution in [0.25, 0.3) is 0 Å². The van der Waals surface area contributed by atoms with E-state index in [-0.39, 0.29) is 30.1 Å². The molecule has 2 aromatic rings. The van der Waals surface area contributed by atoms with Gasteiger partial charge in [0.05, 0.1) is 13.2 Å². The van der Waals surface area contributed by atoms with Gasteiger partial charge in [-0.25, -0.2) is 0 Å². The molecule has 0 spiro atoms. The van der Waals surface area contributed by atoms with E-state index in [9.17, 15) is 0 Å². The van der Waals surface area contributed by atoms with Gasteiger partial charge in [-0.1, -0.05) is 48.5 Å². The summed E-state index contributed by atoms with van der Waals surface area (Å²) in [5.74, 6) is 0.930. The highest BCUT2D eigenvalue weighted by atomic mass is 127. The quantitative estimate of drug-likeness (QED) is 0.379. The molecule has 1 fully saturated rings. The molecule has 0 aliphatic carbocycles. The van der Waals surface area contributed by atoms with Gasteiger partial charge >= 0.3 is 0 Å². The highest BCUT2D eigenvalue weighted by molar-refractivity contribution is 14.0. The summed E-state index contributed by atoms with van der Waals surface area (Å²) in [7, 11) is 6.04. The van der Waals surface area contributed by atoms with Crippen LogP contribution in [0.15, 0.2) is 53.5 Å². The van der Waals surface area contributed by atoms with Crippen molar-refractivity contribution < 1.29 is 4.74 Å². The molecule has 29 heavy (non-hydrogen) atoms. The van der Waals surface area contributed by atoms with Crippen molar-refractivity contribution in [3.05, 3.63) is 70.8 Å². The number of hydrogen-bond acceptors (Lipinski definition) is 3. The van der Waals surface area contributed by atoms with Crippen molar-refractivity contribution in [2.45, 2.75) is 26.1 Å². The molecule has 5 nitrogen and oxygen atoms in total. The Morgan fingerprint density at radius 1 is 1.17 bits per heavy atom. The van der Waals surface area contributed by atoms with Crippen molar-refractivity contribution in [3.8, 4) is 0 Å². The summed E-state index contributed by atoms with van der Waals surface area (Å²) in [5.41, 5.74) is 5.13. The highest BCUT2D eigenvalue weighted by Gasteiger charge is 2.25. The molecular weight excluding hydrogens is 475 g/mol. The molecular formula is C23H33IN4O. The van der Waals surface area contributed by atoms with Gasteiger partial charge in [0.1, 0.15) is 6.10 Å². The van der Waals surface area contributed by atoms with Crippen molar-refractivity contribution >= 4 is 29.9 Å². The number of halogens is 1. The molecule has 0 bridgehead atoms. The zero-order valence-electron chi connectivity index (χ0n) is 17.9. The number of ether oxygens (including phenoxy) is 1. The Kier molecular flexibility index (Phi) is 9.39. The Balaban J connectivity index is 0.00000300. The van der Waals surface area contributed by atoms with Crippen LogP contribution < -0.4 is 5.32 Å². The van der Waals surface area contributed by atoms with Crippen molar-refractivity contribution in [1.82, 2.24) is 15.1 Å². The first kappa shape index (κ1) is 23.6. The van der Waals surface area contributed by atoms with E-state index in [1.54, 1.807) is 0 Å². The number of aliphatic imine (C=N–C) groups is 1. The normalized spacial score (nSPS) is 17.2. The summed E-state index contributed by atoms with van der Waals surface area (Å²) in [5, 5.41) is 3.53. The van der Waals surface area contributed by atoms with E-state index < -0.39 is 0 Å². The zero-order valence-corrected chi connectivity index (χ0v) is 20.2. The molecule has 1 saturated heterocycles. The number of morpholine rings is 1. The fourth-order valence-corrected chi connectivity index (χ4v) is 3.69. The lowest BCUT2D eigenvalue weighted by molar-refractivity contribution is -0.00833. The number of nitrogens with one attached hydrogen (secondary N) is 1. The van der Waals surface area contributed by atoms with E-state index in [4.69, 9.17) is 4.74 Å². The third-order valence-electron chi connectivity index (χ3n) is 5.05. The van der Waals surface area contributed by atoms with Gasteiger partial charge in [-0.05, 0) is 43.3 Å². The van der Waals surface area contributed by atoms with Gasteiger partial charge in [-0.15, -0.1) is 24.0 Å². The summed E-state index contributed by atoms with van der Waals surface area (Å²) >= 11 is 0. The maximum absolute atomic E-state index is 6.06. The Labute approximate surface area is 192 Å². The van der Waals surface area contributed by atoms with Crippen molar-refractivity contribution in [3.63, 3.8) is 0 Å². The molecule has 0 amide bonds. The minimum atomic E-state index is 0. The molecule has 1 atom stereocenters. The van der Waals surface area contributed by atoms with E-state index in [2.05, 4.69) is 89.7 Å². The summed E-state index contributed by atoms with van der Waals surface area (Å²) < 4.78 is 6.06. The second-order valence-corrected chi connectivity index (χ2v) is 7.62. The summed E-state index contributed by atoms with van der Waals surface area (Å²) in [6.45, 7) is 6.22. The second kappa shape index (κ2) is 11.5. The number of nitrogens with zero attached hydrogens (tertiary/aromatic N) is 3. The summed E-state index contributed by atoms with van der Waals surface area (Å²) in [6.07, 6.45) is 0.0805. The molecule has 1 aliphatic heterocycles. The molecule has 2 aromatic carbocycles. The summed E-state index contributed by atoms with van der Waals surface area (Å²) in [4.78, 5) is 9.00. The zero-order chi connectivity index (χ0) is 19.9. The van der Waals surface area contributed by atoms with Crippen LogP contribution in [0.2, 0.25) is 0 Å². The fraction of sp³-hybridized carbons (Fsp3) is 0.435. The predicted molar refractivity (Wildman–Crippen MR) is 131 cm³/mol. The van der Waals surface area contributed by atoms with Gasteiger partial charge < -0.3 is 19.9 Å². The van der Waals surface area contributed by atoms with Gasteiger partial charge in [-0.2, -0.15) is 0 Å². The maximum atomic E-state index is 6.06. The first-order chi connectivity index (χ1) is 13.6. The highest BCUT2D eigenvalue weighted by Crippen LogP contribution is 2.25. The van der Waals surface area contributed by atoms with E-state index in [1.165, 1.54) is 22.3 Å². The maximum Gasteiger partial charge on any atom is 0.194 e. The van der Waals surface area contributed by atoms with Crippen LogP contribution in [0.5, 0.6) is 0 Å². The molecule has 6 heteroatoms. The third-order valence-corrected chi connectivity index (χ3v) is 5.05. The van der Waals surface area contributed by atoms with Gasteiger partial charge in [0.2, 0.25) is 0 Å². The number of guanidine groups is 1. The monoisotopic (exact) mass is 508 g/mol. The van der Waals surface area contributed by atoms with Crippen LogP contribution in [-0.4, -0.2) is 56.6 Å². The van der Waals surface area contributed by atoms with Crippen molar-refractivity contribution in [1.29, 1.82) is 0 Å². The minimum absolute atomic E-state index is 0. The molecule has 1 N–H and O–H groups in total. The molecule has 0 radical (unpaired) electrons. The van der Waals surface area contributed by atoms with Crippen LogP contribution in [-0.2, 0) is 17.8 Å². The number of hydrogen-bond donors (Lipinski definition) is 1. The molecule has 3 rings (SSSR count). The molecule has 0 aromatic heterocycles. The SMILES string of the molecule is CN=C(NCc1cccc(CN(C)C)c1)N1CCOC(c2ccccc2C)C1.I. The first-order valence-electron chi connectivity index (χ1n) is 9.92. The first-order valence-corrected chi connectivity index (χ1v) is 9.92. The van der Waals surface area contributed by atoms with Crippen LogP contribution in [0.1, 0.15) is 28.4 Å². The van der Waals surface area contributed by atoms with E-state index >= 15 is 0 Å². The Bertz CT molecular complexity index is 809. The lowest BCUT2D eigenvalue weighted by atomic mass is 10.0. The molecule has 1 unspecified atom stereocenters. The standard InChI is InChI=1S/C23H32N4O.HI/c1-18-8-5-6-11-21(18)22-17-27(12-13-28-22)23(24-2)25-15-19-9-7-10-20(14-19)16-26(3)4;/h5-11,14,22H,12-13,15-17H2,1-4H3,(H,24,25);1H. The van der Waals surface area contributed by atoms with Gasteiger partial charge in [0, 0.05) is 26.7 Å². The Morgan fingerprint density at radius 2 is 1.93 bits per heavy atom. The number of benzene rings is 2. The molecule has 1 heterocycles. The van der Waals surface area contributed by atoms with E-state index in [0.29, 0.717) is 6.61 Å². The van der Waals surface area contributed by atoms with Crippen LogP contribution in [0.3, 0.4) is 0 Å². The fourth-order valence-electron chi connectivity index (χ4n) is 3.69. The van der Waals surface area contributed by atoms with E-state index in [0.717, 1.165) is 32.1 Å². The number of rotatable bonds is 5. The lowest BCUT2D eigenvalue weighted by Crippen LogP contribution is -2.48. The topological polar surface area (TPSA) is 40.1 Å². The van der Waals surface area contributed by atoms with Gasteiger partial charge in [0.25, 0.3) is 0 Å². The lowest BCUT2D eigenvalue weighted by Gasteiger charge is -2.35. The van der Waals surface area contributed by atoms with Crippen molar-refractivity contribution in [2.75, 3.05) is 40.8 Å². The Hall–Kier alpha value is -1.64. The summed E-state index contributed by atoms with van der Waals surface area (Å²) in [6, 6.07) is 17.2. The number of aryl methyl sites for hydroxylation is 1. The largest absolute Gasteiger partial charge is 0.370 e. The molecule has 1 aliphatic rings. The molecule has 158 valence electrons. The van der Waals surface area contributed by atoms with Gasteiger partial charge in [-0.3, -0.25) is 4.99 Å². The van der Waals surface area contributed by atoms with Crippen molar-refractivity contribution in [2.24, 2.45) is 4.99 Å². The van der Waals surface area contributed by atoms with Gasteiger partial charge in [0.15, 0.2) is 5.96 Å². The average Bonchev–Trinajstić information content (AvgIpc) is 2.69. The smallest absolute Gasteiger partial charge is 0.194 e. The van der Waals surface area contributed by atoms with Crippen LogP contribution in [0.4, 0.5) is 0 Å². The second-order valence-electron chi connectivity index (χ2n) is 7.62. The minimum Gasteiger partial charge on any atom is -0.370 e. The van der Waals surface area contributed by atoms with Crippen LogP contribution >= 0.6 is 24.0 Å². The van der Waals surface area contributed by atoms with E-state index in [1.807, 2.05) is 7.05 Å². The molecule has 0 saturated carbocycles. The average molecular weight is 508 g/mol. The van der Waals surface area contributed by atoms with Crippen LogP contribution in [0, 0.1) is 6.92 Å². The third kappa shape index (κ3) is 6.69. The predicted octanol–water partition coefficient (Wildman–Crippen LogP) is 3.82. The Morgan fingerprint density at radius 3 is 2.66 bits per heavy atom.